The second kappa shape index (κ2) is 6.12. The van der Waals surface area contributed by atoms with Crippen molar-refractivity contribution < 1.29 is 19.0 Å². The summed E-state index contributed by atoms with van der Waals surface area (Å²) in [6.45, 7) is 2.04. The molecule has 4 heteroatoms. The highest BCUT2D eigenvalue weighted by atomic mass is 16.6. The second-order valence-electron chi connectivity index (χ2n) is 2.12. The zero-order chi connectivity index (χ0) is 8.69. The van der Waals surface area contributed by atoms with Gasteiger partial charge in [-0.1, -0.05) is 0 Å². The smallest absolute Gasteiger partial charge is 0.302 e. The third kappa shape index (κ3) is 5.82. The van der Waals surface area contributed by atoms with Crippen molar-refractivity contribution in [1.29, 1.82) is 0 Å². The van der Waals surface area contributed by atoms with Crippen LogP contribution in [0.3, 0.4) is 0 Å². The first-order valence-electron chi connectivity index (χ1n) is 3.35. The first-order valence-corrected chi connectivity index (χ1v) is 3.35. The zero-order valence-electron chi connectivity index (χ0n) is 7.12. The van der Waals surface area contributed by atoms with Crippen molar-refractivity contribution in [3.05, 3.63) is 0 Å². The van der Waals surface area contributed by atoms with Gasteiger partial charge in [0.2, 0.25) is 0 Å². The SMILES string of the molecule is COCC(COC(C)=O)OC. The van der Waals surface area contributed by atoms with Crippen LogP contribution < -0.4 is 0 Å². The normalized spacial score (nSPS) is 12.6. The Bertz CT molecular complexity index is 113. The molecule has 0 aromatic carbocycles. The van der Waals surface area contributed by atoms with Crippen LogP contribution in [0.2, 0.25) is 0 Å². The molecule has 0 spiro atoms. The minimum Gasteiger partial charge on any atom is -0.463 e. The minimum absolute atomic E-state index is 0.163. The molecular weight excluding hydrogens is 148 g/mol. The molecule has 0 aromatic rings. The van der Waals surface area contributed by atoms with E-state index < -0.39 is 0 Å². The van der Waals surface area contributed by atoms with E-state index in [0.717, 1.165) is 0 Å². The van der Waals surface area contributed by atoms with Crippen molar-refractivity contribution in [2.24, 2.45) is 0 Å². The van der Waals surface area contributed by atoms with Gasteiger partial charge in [-0.3, -0.25) is 4.79 Å². The molecular formula is C7H14O4. The highest BCUT2D eigenvalue weighted by Gasteiger charge is 2.07. The molecule has 0 saturated heterocycles. The van der Waals surface area contributed by atoms with Crippen LogP contribution in [0.1, 0.15) is 6.92 Å². The first kappa shape index (κ1) is 10.4. The summed E-state index contributed by atoms with van der Waals surface area (Å²) in [7, 11) is 3.12. The fourth-order valence-electron chi connectivity index (χ4n) is 0.580. The van der Waals surface area contributed by atoms with Gasteiger partial charge in [-0.2, -0.15) is 0 Å². The van der Waals surface area contributed by atoms with Gasteiger partial charge in [0.1, 0.15) is 12.7 Å². The molecule has 11 heavy (non-hydrogen) atoms. The molecule has 0 bridgehead atoms. The van der Waals surface area contributed by atoms with E-state index in [1.807, 2.05) is 0 Å². The molecule has 0 amide bonds. The number of ether oxygens (including phenoxy) is 3. The summed E-state index contributed by atoms with van der Waals surface area (Å²) >= 11 is 0. The molecule has 0 aliphatic rings. The van der Waals surface area contributed by atoms with Gasteiger partial charge >= 0.3 is 5.97 Å². The molecule has 0 aliphatic heterocycles. The maximum Gasteiger partial charge on any atom is 0.302 e. The van der Waals surface area contributed by atoms with E-state index in [9.17, 15) is 4.79 Å². The van der Waals surface area contributed by atoms with Crippen LogP contribution in [0, 0.1) is 0 Å². The molecule has 0 heterocycles. The monoisotopic (exact) mass is 162 g/mol. The van der Waals surface area contributed by atoms with E-state index in [1.54, 1.807) is 14.2 Å². The lowest BCUT2D eigenvalue weighted by Crippen LogP contribution is -2.24. The molecule has 0 aliphatic carbocycles. The van der Waals surface area contributed by atoms with E-state index in [-0.39, 0.29) is 18.7 Å². The van der Waals surface area contributed by atoms with Gasteiger partial charge in [0, 0.05) is 21.1 Å². The summed E-state index contributed by atoms with van der Waals surface area (Å²) in [4.78, 5) is 10.3. The van der Waals surface area contributed by atoms with E-state index in [4.69, 9.17) is 14.2 Å². The molecule has 1 unspecified atom stereocenters. The maximum atomic E-state index is 10.3. The number of hydrogen-bond acceptors (Lipinski definition) is 4. The van der Waals surface area contributed by atoms with E-state index in [2.05, 4.69) is 0 Å². The summed E-state index contributed by atoms with van der Waals surface area (Å²) in [5, 5.41) is 0. The molecule has 0 radical (unpaired) electrons. The highest BCUT2D eigenvalue weighted by molar-refractivity contribution is 5.65. The molecule has 0 saturated carbocycles. The van der Waals surface area contributed by atoms with E-state index >= 15 is 0 Å². The quantitative estimate of drug-likeness (QED) is 0.542. The van der Waals surface area contributed by atoms with Crippen molar-refractivity contribution in [3.8, 4) is 0 Å². The molecule has 0 fully saturated rings. The zero-order valence-corrected chi connectivity index (χ0v) is 7.12. The average molecular weight is 162 g/mol. The van der Waals surface area contributed by atoms with Gasteiger partial charge in [-0.15, -0.1) is 0 Å². The Labute approximate surface area is 66.4 Å². The molecule has 0 N–H and O–H groups in total. The van der Waals surface area contributed by atoms with Crippen molar-refractivity contribution >= 4 is 5.97 Å². The Morgan fingerprint density at radius 3 is 2.36 bits per heavy atom. The van der Waals surface area contributed by atoms with Gasteiger partial charge in [0.15, 0.2) is 0 Å². The molecule has 0 rings (SSSR count). The van der Waals surface area contributed by atoms with Gasteiger partial charge < -0.3 is 14.2 Å². The number of hydrogen-bond donors (Lipinski definition) is 0. The Hall–Kier alpha value is -0.610. The number of esters is 1. The maximum absolute atomic E-state index is 10.3. The standard InChI is InChI=1S/C7H14O4/c1-6(8)11-5-7(10-3)4-9-2/h7H,4-5H2,1-3H3. The number of methoxy groups -OCH3 is 2. The average Bonchev–Trinajstić information content (AvgIpc) is 1.97. The Balaban J connectivity index is 3.43. The second-order valence-corrected chi connectivity index (χ2v) is 2.12. The number of rotatable bonds is 5. The Morgan fingerprint density at radius 1 is 1.36 bits per heavy atom. The summed E-state index contributed by atoms with van der Waals surface area (Å²) in [6, 6.07) is 0. The molecule has 4 nitrogen and oxygen atoms in total. The van der Waals surface area contributed by atoms with Crippen LogP contribution >= 0.6 is 0 Å². The summed E-state index contributed by atoms with van der Waals surface area (Å²) in [5.41, 5.74) is 0. The Morgan fingerprint density at radius 2 is 2.00 bits per heavy atom. The summed E-state index contributed by atoms with van der Waals surface area (Å²) in [6.07, 6.45) is -0.163. The number of carbonyl (C=O) groups excluding carboxylic acids is 1. The van der Waals surface area contributed by atoms with Gasteiger partial charge in [0.25, 0.3) is 0 Å². The van der Waals surface area contributed by atoms with Crippen molar-refractivity contribution in [2.75, 3.05) is 27.4 Å². The van der Waals surface area contributed by atoms with Crippen LogP contribution in [-0.2, 0) is 19.0 Å². The van der Waals surface area contributed by atoms with E-state index in [1.165, 1.54) is 6.92 Å². The fraction of sp³-hybridized carbons (Fsp3) is 0.857. The van der Waals surface area contributed by atoms with Crippen molar-refractivity contribution in [3.63, 3.8) is 0 Å². The van der Waals surface area contributed by atoms with Crippen LogP contribution in [0.4, 0.5) is 0 Å². The first-order chi connectivity index (χ1) is 5.20. The van der Waals surface area contributed by atoms with Crippen LogP contribution in [0.25, 0.3) is 0 Å². The van der Waals surface area contributed by atoms with Crippen molar-refractivity contribution in [2.45, 2.75) is 13.0 Å². The molecule has 0 aromatic heterocycles. The van der Waals surface area contributed by atoms with Gasteiger partial charge in [0.05, 0.1) is 6.61 Å². The Kier molecular flexibility index (Phi) is 5.78. The third-order valence-corrected chi connectivity index (χ3v) is 1.16. The topological polar surface area (TPSA) is 44.8 Å². The lowest BCUT2D eigenvalue weighted by atomic mass is 10.4. The van der Waals surface area contributed by atoms with Crippen molar-refractivity contribution in [1.82, 2.24) is 0 Å². The third-order valence-electron chi connectivity index (χ3n) is 1.16. The minimum atomic E-state index is -0.303. The predicted octanol–water partition coefficient (Wildman–Crippen LogP) is 0.211. The summed E-state index contributed by atoms with van der Waals surface area (Å²) in [5.74, 6) is -0.303. The fourth-order valence-corrected chi connectivity index (χ4v) is 0.580. The number of carbonyl (C=O) groups is 1. The predicted molar refractivity (Wildman–Crippen MR) is 39.3 cm³/mol. The molecule has 1 atom stereocenters. The largest absolute Gasteiger partial charge is 0.463 e. The van der Waals surface area contributed by atoms with Crippen LogP contribution in [-0.4, -0.2) is 39.5 Å². The molecule has 66 valence electrons. The summed E-state index contributed by atoms with van der Waals surface area (Å²) < 4.78 is 14.5. The van der Waals surface area contributed by atoms with Crippen LogP contribution in [0.15, 0.2) is 0 Å². The van der Waals surface area contributed by atoms with E-state index in [0.29, 0.717) is 6.61 Å². The lowest BCUT2D eigenvalue weighted by molar-refractivity contribution is -0.145. The van der Waals surface area contributed by atoms with Gasteiger partial charge in [-0.25, -0.2) is 0 Å². The van der Waals surface area contributed by atoms with Crippen LogP contribution in [0.5, 0.6) is 0 Å². The van der Waals surface area contributed by atoms with Gasteiger partial charge in [-0.05, 0) is 0 Å². The highest BCUT2D eigenvalue weighted by Crippen LogP contribution is 1.92. The lowest BCUT2D eigenvalue weighted by Gasteiger charge is -2.12.